The number of hydrogen-bond donors (Lipinski definition) is 5. The van der Waals surface area contributed by atoms with Gasteiger partial charge in [-0.15, -0.1) is 0 Å². The number of carbonyl (C=O) groups is 3. The standard InChI is InChI=1S/C25H28Cl2N2O9.Na/c1-13(30)29-20-18(31)10-25(24(35)36,37-12-14-2-6-16(26)7-3-14)38-22(20)21(33)19(32)11-28-23(34)15-4-8-17(27)9-5-15;/h2-9,18-22,31-33H,10-12H2,1H3,(H,28,34)(H,29,30)(H,35,36);/q;+1/p-1/t18-,19+,20+,21+,22+,25+;/m0./s1. The van der Waals surface area contributed by atoms with Crippen molar-refractivity contribution in [2.75, 3.05) is 6.54 Å². The van der Waals surface area contributed by atoms with Crippen molar-refractivity contribution >= 4 is 41.0 Å². The zero-order valence-electron chi connectivity index (χ0n) is 21.2. The van der Waals surface area contributed by atoms with Crippen LogP contribution >= 0.6 is 23.2 Å². The number of carbonyl (C=O) groups excluding carboxylic acids is 3. The summed E-state index contributed by atoms with van der Waals surface area (Å²) < 4.78 is 11.2. The quantitative estimate of drug-likeness (QED) is 0.177. The van der Waals surface area contributed by atoms with E-state index in [1.54, 1.807) is 24.3 Å². The molecule has 1 aliphatic heterocycles. The minimum atomic E-state index is -2.54. The smallest absolute Gasteiger partial charge is 0.544 e. The van der Waals surface area contributed by atoms with Crippen molar-refractivity contribution in [2.45, 2.75) is 56.2 Å². The van der Waals surface area contributed by atoms with E-state index in [1.807, 2.05) is 0 Å². The van der Waals surface area contributed by atoms with Crippen molar-refractivity contribution in [3.05, 3.63) is 69.7 Å². The summed E-state index contributed by atoms with van der Waals surface area (Å²) in [5.41, 5.74) is 0.766. The van der Waals surface area contributed by atoms with Gasteiger partial charge < -0.3 is 45.3 Å². The van der Waals surface area contributed by atoms with Crippen LogP contribution in [0.1, 0.15) is 29.3 Å². The molecule has 5 N–H and O–H groups in total. The van der Waals surface area contributed by atoms with Crippen LogP contribution < -0.4 is 45.3 Å². The second-order valence-corrected chi connectivity index (χ2v) is 9.68. The van der Waals surface area contributed by atoms with Gasteiger partial charge in [0.2, 0.25) is 11.7 Å². The van der Waals surface area contributed by atoms with Crippen LogP contribution in [0.25, 0.3) is 0 Å². The van der Waals surface area contributed by atoms with Crippen molar-refractivity contribution in [3.8, 4) is 0 Å². The third kappa shape index (κ3) is 8.86. The Labute approximate surface area is 256 Å². The van der Waals surface area contributed by atoms with E-state index in [0.29, 0.717) is 15.6 Å². The molecule has 0 aliphatic carbocycles. The second-order valence-electron chi connectivity index (χ2n) is 8.81. The molecule has 2 aromatic carbocycles. The number of halogens is 2. The summed E-state index contributed by atoms with van der Waals surface area (Å²) >= 11 is 11.7. The fourth-order valence-electron chi connectivity index (χ4n) is 3.96. The minimum Gasteiger partial charge on any atom is -0.544 e. The maximum atomic E-state index is 12.4. The first kappa shape index (κ1) is 33.4. The van der Waals surface area contributed by atoms with Crippen LogP contribution in [0.15, 0.2) is 48.5 Å². The summed E-state index contributed by atoms with van der Waals surface area (Å²) in [5.74, 6) is -5.56. The molecule has 3 rings (SSSR count). The van der Waals surface area contributed by atoms with Crippen molar-refractivity contribution < 1.29 is 73.8 Å². The number of amides is 2. The van der Waals surface area contributed by atoms with E-state index in [1.165, 1.54) is 24.3 Å². The number of nitrogens with one attached hydrogen (secondary N) is 2. The number of aliphatic hydroxyl groups excluding tert-OH is 3. The Hall–Kier alpha value is -1.77. The summed E-state index contributed by atoms with van der Waals surface area (Å²) in [5, 5.41) is 50.2. The van der Waals surface area contributed by atoms with Crippen LogP contribution in [0, 0.1) is 0 Å². The van der Waals surface area contributed by atoms with Gasteiger partial charge in [0.1, 0.15) is 18.2 Å². The van der Waals surface area contributed by atoms with Crippen LogP contribution in [-0.4, -0.2) is 75.9 Å². The van der Waals surface area contributed by atoms with Crippen LogP contribution in [0.5, 0.6) is 0 Å². The van der Waals surface area contributed by atoms with Gasteiger partial charge in [-0.3, -0.25) is 9.59 Å². The van der Waals surface area contributed by atoms with Crippen LogP contribution in [0.2, 0.25) is 10.0 Å². The largest absolute Gasteiger partial charge is 1.00 e. The van der Waals surface area contributed by atoms with E-state index >= 15 is 0 Å². The van der Waals surface area contributed by atoms with E-state index < -0.39 is 67.0 Å². The third-order valence-electron chi connectivity index (χ3n) is 5.95. The molecule has 0 saturated carbocycles. The summed E-state index contributed by atoms with van der Waals surface area (Å²) in [6.45, 7) is 0.386. The summed E-state index contributed by atoms with van der Waals surface area (Å²) in [6, 6.07) is 10.9. The summed E-state index contributed by atoms with van der Waals surface area (Å²) in [7, 11) is 0. The molecule has 1 saturated heterocycles. The van der Waals surface area contributed by atoms with Gasteiger partial charge in [-0.25, -0.2) is 0 Å². The molecule has 0 aromatic heterocycles. The first-order chi connectivity index (χ1) is 17.9. The van der Waals surface area contributed by atoms with Crippen molar-refractivity contribution in [1.82, 2.24) is 10.6 Å². The molecule has 6 atom stereocenters. The van der Waals surface area contributed by atoms with Gasteiger partial charge in [0.05, 0.1) is 24.9 Å². The van der Waals surface area contributed by atoms with Crippen LogP contribution in [0.4, 0.5) is 0 Å². The molecule has 0 spiro atoms. The first-order valence-corrected chi connectivity index (χ1v) is 12.3. The zero-order valence-corrected chi connectivity index (χ0v) is 24.7. The molecular formula is C25H27Cl2N2NaO9. The number of aliphatic hydroxyl groups is 3. The van der Waals surface area contributed by atoms with Gasteiger partial charge in [0, 0.05) is 35.5 Å². The van der Waals surface area contributed by atoms with E-state index in [0.717, 1.165) is 6.92 Å². The summed E-state index contributed by atoms with van der Waals surface area (Å²) in [6.07, 6.45) is -7.49. The van der Waals surface area contributed by atoms with Gasteiger partial charge in [-0.05, 0) is 42.0 Å². The van der Waals surface area contributed by atoms with Crippen molar-refractivity contribution in [3.63, 3.8) is 0 Å². The molecular weight excluding hydrogens is 566 g/mol. The first-order valence-electron chi connectivity index (χ1n) is 11.5. The normalized spacial score (nSPS) is 24.1. The Morgan fingerprint density at radius 2 is 1.67 bits per heavy atom. The monoisotopic (exact) mass is 592 g/mol. The Bertz CT molecular complexity index is 1140. The van der Waals surface area contributed by atoms with Gasteiger partial charge in [0.25, 0.3) is 5.91 Å². The maximum Gasteiger partial charge on any atom is 1.00 e. The Balaban J connectivity index is 0.00000533. The Kier molecular flexibility index (Phi) is 12.6. The Morgan fingerprint density at radius 3 is 2.21 bits per heavy atom. The number of carboxylic acids is 1. The third-order valence-corrected chi connectivity index (χ3v) is 6.45. The molecule has 0 bridgehead atoms. The average molecular weight is 593 g/mol. The van der Waals surface area contributed by atoms with Crippen LogP contribution in [-0.2, 0) is 25.7 Å². The van der Waals surface area contributed by atoms with Crippen LogP contribution in [0.3, 0.4) is 0 Å². The number of aliphatic carboxylic acids is 1. The topological polar surface area (TPSA) is 177 Å². The Morgan fingerprint density at radius 1 is 1.10 bits per heavy atom. The number of benzene rings is 2. The van der Waals surface area contributed by atoms with E-state index in [4.69, 9.17) is 32.7 Å². The number of ether oxygens (including phenoxy) is 2. The molecule has 39 heavy (non-hydrogen) atoms. The fraction of sp³-hybridized carbons (Fsp3) is 0.400. The molecule has 0 radical (unpaired) electrons. The van der Waals surface area contributed by atoms with Gasteiger partial charge >= 0.3 is 29.6 Å². The predicted molar refractivity (Wildman–Crippen MR) is 133 cm³/mol. The zero-order chi connectivity index (χ0) is 28.0. The number of rotatable bonds is 10. The number of carboxylic acid groups (broad SMARTS) is 1. The molecule has 1 aliphatic rings. The molecule has 206 valence electrons. The molecule has 11 nitrogen and oxygen atoms in total. The average Bonchev–Trinajstić information content (AvgIpc) is 2.87. The fourth-order valence-corrected chi connectivity index (χ4v) is 4.21. The van der Waals surface area contributed by atoms with Gasteiger partial charge in [-0.2, -0.15) is 0 Å². The summed E-state index contributed by atoms with van der Waals surface area (Å²) in [4.78, 5) is 36.3. The van der Waals surface area contributed by atoms with Gasteiger partial charge in [0.15, 0.2) is 0 Å². The molecule has 1 fully saturated rings. The van der Waals surface area contributed by atoms with E-state index in [-0.39, 0.29) is 41.7 Å². The second kappa shape index (κ2) is 14.7. The predicted octanol–water partition coefficient (Wildman–Crippen LogP) is -3.23. The molecule has 2 aromatic rings. The van der Waals surface area contributed by atoms with E-state index in [9.17, 15) is 34.8 Å². The molecule has 14 heteroatoms. The van der Waals surface area contributed by atoms with E-state index in [2.05, 4.69) is 10.6 Å². The SMILES string of the molecule is CC(=O)N[C@H]1[C@H]([C@H](O)[C@H](O)CNC(=O)c2ccc(Cl)cc2)O[C@@](OCc2ccc(Cl)cc2)(C(=O)[O-])C[C@@H]1O.[Na+]. The number of hydrogen-bond acceptors (Lipinski definition) is 9. The van der Waals surface area contributed by atoms with Crippen molar-refractivity contribution in [2.24, 2.45) is 0 Å². The molecule has 1 heterocycles. The van der Waals surface area contributed by atoms with Gasteiger partial charge in [-0.1, -0.05) is 35.3 Å². The maximum absolute atomic E-state index is 12.4. The molecule has 2 amide bonds. The minimum absolute atomic E-state index is 0. The van der Waals surface area contributed by atoms with Crippen molar-refractivity contribution in [1.29, 1.82) is 0 Å². The molecule has 0 unspecified atom stereocenters.